The Balaban J connectivity index is 0.000000167. The molecule has 2 rings (SSSR count). The zero-order chi connectivity index (χ0) is 7.07. The van der Waals surface area contributed by atoms with E-state index in [2.05, 4.69) is 9.40 Å². The molecule has 1 saturated carbocycles. The largest absolute Gasteiger partial charge is 0.452 e. The van der Waals surface area contributed by atoms with E-state index in [1.807, 2.05) is 0 Å². The molecule has 0 amide bonds. The van der Waals surface area contributed by atoms with Crippen molar-refractivity contribution in [1.29, 1.82) is 0 Å². The standard InChI is InChI=1S/C5H10.C3H3NO.BH3/c1-2-4-5-3-1;1-2-5-3-4-1;/h1-5H2;1-3H;1H3. The summed E-state index contributed by atoms with van der Waals surface area (Å²) in [6.45, 7) is 0. The highest BCUT2D eigenvalue weighted by Gasteiger charge is 1.95. The monoisotopic (exact) mass is 153 g/mol. The second kappa shape index (κ2) is 7.38. The molecule has 2 nitrogen and oxygen atoms in total. The van der Waals surface area contributed by atoms with Crippen molar-refractivity contribution in [2.75, 3.05) is 0 Å². The Bertz CT molecular complexity index is 113. The number of rotatable bonds is 0. The number of nitrogens with zero attached hydrogens (tertiary/aromatic N) is 1. The number of hydrogen-bond donors (Lipinski definition) is 0. The zero-order valence-electron chi connectivity index (χ0n) is 6.12. The fourth-order valence-electron chi connectivity index (χ4n) is 1.06. The van der Waals surface area contributed by atoms with E-state index >= 15 is 0 Å². The highest BCUT2D eigenvalue weighted by molar-refractivity contribution is 5.75. The third kappa shape index (κ3) is 5.71. The molecule has 0 radical (unpaired) electrons. The van der Waals surface area contributed by atoms with Crippen molar-refractivity contribution in [2.45, 2.75) is 32.1 Å². The lowest BCUT2D eigenvalue weighted by Crippen LogP contribution is -1.47. The number of oxazole rings is 1. The Morgan fingerprint density at radius 3 is 1.73 bits per heavy atom. The molecule has 3 heteroatoms. The molecule has 0 unspecified atom stereocenters. The van der Waals surface area contributed by atoms with E-state index in [4.69, 9.17) is 0 Å². The SMILES string of the molecule is B.C1CCCC1.c1cocn1. The maximum Gasteiger partial charge on any atom is 0.180 e. The van der Waals surface area contributed by atoms with Crippen LogP contribution >= 0.6 is 0 Å². The molecule has 1 fully saturated rings. The van der Waals surface area contributed by atoms with E-state index < -0.39 is 0 Å². The van der Waals surface area contributed by atoms with E-state index in [0.717, 1.165) is 0 Å². The van der Waals surface area contributed by atoms with Gasteiger partial charge in [-0.15, -0.1) is 0 Å². The lowest BCUT2D eigenvalue weighted by molar-refractivity contribution is 0.558. The minimum atomic E-state index is 0. The Hall–Kier alpha value is -0.725. The minimum Gasteiger partial charge on any atom is -0.452 e. The van der Waals surface area contributed by atoms with Gasteiger partial charge in [0, 0.05) is 0 Å². The number of aromatic nitrogens is 1. The van der Waals surface area contributed by atoms with Gasteiger partial charge in [-0.2, -0.15) is 0 Å². The summed E-state index contributed by atoms with van der Waals surface area (Å²) in [5.41, 5.74) is 0. The van der Waals surface area contributed by atoms with E-state index in [-0.39, 0.29) is 8.41 Å². The summed E-state index contributed by atoms with van der Waals surface area (Å²) in [5.74, 6) is 0. The molecule has 0 spiro atoms. The molecule has 0 N–H and O–H groups in total. The van der Waals surface area contributed by atoms with Gasteiger partial charge in [-0.05, 0) is 0 Å². The second-order valence-electron chi connectivity index (χ2n) is 2.44. The quantitative estimate of drug-likeness (QED) is 0.527. The van der Waals surface area contributed by atoms with Gasteiger partial charge in [-0.1, -0.05) is 32.1 Å². The summed E-state index contributed by atoms with van der Waals surface area (Å²) >= 11 is 0. The molecule has 1 heterocycles. The predicted octanol–water partition coefficient (Wildman–Crippen LogP) is 1.44. The first-order chi connectivity index (χ1) is 5.00. The van der Waals surface area contributed by atoms with Crippen molar-refractivity contribution < 1.29 is 4.42 Å². The van der Waals surface area contributed by atoms with Crippen LogP contribution in [0.15, 0.2) is 23.3 Å². The lowest BCUT2D eigenvalue weighted by Gasteiger charge is -1.67. The summed E-state index contributed by atoms with van der Waals surface area (Å²) in [7, 11) is 0. The Morgan fingerprint density at radius 1 is 1.00 bits per heavy atom. The van der Waals surface area contributed by atoms with Crippen molar-refractivity contribution in [1.82, 2.24) is 4.98 Å². The van der Waals surface area contributed by atoms with Crippen molar-refractivity contribution in [3.05, 3.63) is 18.9 Å². The fourth-order valence-corrected chi connectivity index (χ4v) is 1.06. The van der Waals surface area contributed by atoms with Gasteiger partial charge in [-0.3, -0.25) is 0 Å². The van der Waals surface area contributed by atoms with Crippen LogP contribution < -0.4 is 0 Å². The zero-order valence-corrected chi connectivity index (χ0v) is 6.12. The first kappa shape index (κ1) is 10.3. The molecule has 11 heavy (non-hydrogen) atoms. The van der Waals surface area contributed by atoms with E-state index in [1.54, 1.807) is 6.20 Å². The maximum absolute atomic E-state index is 4.47. The minimum absolute atomic E-state index is 0. The third-order valence-corrected chi connectivity index (χ3v) is 1.60. The lowest BCUT2D eigenvalue weighted by atomic mass is 10.4. The summed E-state index contributed by atoms with van der Waals surface area (Å²) in [4.78, 5) is 3.56. The molecule has 62 valence electrons. The van der Waals surface area contributed by atoms with Crippen LogP contribution in [-0.2, 0) is 0 Å². The van der Waals surface area contributed by atoms with Gasteiger partial charge in [0.2, 0.25) is 0 Å². The van der Waals surface area contributed by atoms with Crippen LogP contribution in [0.5, 0.6) is 0 Å². The van der Waals surface area contributed by atoms with Gasteiger partial charge in [0.1, 0.15) is 6.26 Å². The Labute approximate surface area is 69.6 Å². The van der Waals surface area contributed by atoms with E-state index in [9.17, 15) is 0 Å². The van der Waals surface area contributed by atoms with Crippen LogP contribution in [-0.4, -0.2) is 13.4 Å². The Morgan fingerprint density at radius 2 is 1.55 bits per heavy atom. The van der Waals surface area contributed by atoms with Crippen LogP contribution in [0.2, 0.25) is 0 Å². The van der Waals surface area contributed by atoms with E-state index in [1.165, 1.54) is 44.8 Å². The van der Waals surface area contributed by atoms with Gasteiger partial charge in [0.15, 0.2) is 6.39 Å². The first-order valence-corrected chi connectivity index (χ1v) is 3.82. The molecule has 0 aliphatic heterocycles. The topological polar surface area (TPSA) is 26.0 Å². The van der Waals surface area contributed by atoms with Crippen LogP contribution in [0.4, 0.5) is 0 Å². The average Bonchev–Trinajstić information content (AvgIpc) is 2.67. The van der Waals surface area contributed by atoms with Crippen LogP contribution in [0, 0.1) is 0 Å². The summed E-state index contributed by atoms with van der Waals surface area (Å²) in [6.07, 6.45) is 12.0. The Kier molecular flexibility index (Phi) is 6.90. The van der Waals surface area contributed by atoms with E-state index in [0.29, 0.717) is 0 Å². The van der Waals surface area contributed by atoms with Crippen molar-refractivity contribution in [2.24, 2.45) is 0 Å². The average molecular weight is 153 g/mol. The van der Waals surface area contributed by atoms with Crippen LogP contribution in [0.3, 0.4) is 0 Å². The van der Waals surface area contributed by atoms with Gasteiger partial charge < -0.3 is 4.42 Å². The molecule has 1 aliphatic carbocycles. The van der Waals surface area contributed by atoms with Gasteiger partial charge in [0.05, 0.1) is 14.6 Å². The van der Waals surface area contributed by atoms with Crippen molar-refractivity contribution in [3.63, 3.8) is 0 Å². The molecular weight excluding hydrogens is 137 g/mol. The molecule has 0 aromatic carbocycles. The van der Waals surface area contributed by atoms with Crippen molar-refractivity contribution >= 4 is 8.41 Å². The molecule has 0 atom stereocenters. The fraction of sp³-hybridized carbons (Fsp3) is 0.625. The highest BCUT2D eigenvalue weighted by atomic mass is 16.3. The second-order valence-corrected chi connectivity index (χ2v) is 2.44. The molecule has 1 aliphatic rings. The summed E-state index contributed by atoms with van der Waals surface area (Å²) < 4.78 is 4.47. The van der Waals surface area contributed by atoms with Gasteiger partial charge in [0.25, 0.3) is 0 Å². The first-order valence-electron chi connectivity index (χ1n) is 3.82. The normalized spacial score (nSPS) is 14.5. The van der Waals surface area contributed by atoms with Crippen LogP contribution in [0.1, 0.15) is 32.1 Å². The van der Waals surface area contributed by atoms with Crippen LogP contribution in [0.25, 0.3) is 0 Å². The van der Waals surface area contributed by atoms with Gasteiger partial charge in [-0.25, -0.2) is 4.98 Å². The predicted molar refractivity (Wildman–Crippen MR) is 49.5 cm³/mol. The molecule has 0 bridgehead atoms. The molecular formula is C8H16BNO. The summed E-state index contributed by atoms with van der Waals surface area (Å²) in [6, 6.07) is 0. The summed E-state index contributed by atoms with van der Waals surface area (Å²) in [5, 5.41) is 0. The smallest absolute Gasteiger partial charge is 0.180 e. The number of hydrogen-bond acceptors (Lipinski definition) is 2. The third-order valence-electron chi connectivity index (χ3n) is 1.60. The maximum atomic E-state index is 4.47. The molecule has 1 aromatic heterocycles. The van der Waals surface area contributed by atoms with Crippen molar-refractivity contribution in [3.8, 4) is 0 Å². The van der Waals surface area contributed by atoms with Gasteiger partial charge >= 0.3 is 0 Å². The molecule has 1 aromatic rings. The molecule has 0 saturated heterocycles. The highest BCUT2D eigenvalue weighted by Crippen LogP contribution is 2.15.